The van der Waals surface area contributed by atoms with E-state index in [4.69, 9.17) is 14.2 Å². The predicted molar refractivity (Wildman–Crippen MR) is 62.7 cm³/mol. The van der Waals surface area contributed by atoms with Crippen LogP contribution in [0.1, 0.15) is 0 Å². The molecule has 0 unspecified atom stereocenters. The molecule has 1 aliphatic rings. The summed E-state index contributed by atoms with van der Waals surface area (Å²) < 4.78 is 15.0. The van der Waals surface area contributed by atoms with Crippen LogP contribution in [0.2, 0.25) is 0 Å². The number of hydrogen-bond donors (Lipinski definition) is 1. The molecule has 1 fully saturated rings. The molecule has 1 heterocycles. The molecule has 0 aliphatic carbocycles. The van der Waals surface area contributed by atoms with E-state index in [-0.39, 0.29) is 18.8 Å². The Labute approximate surface area is 104 Å². The van der Waals surface area contributed by atoms with E-state index in [1.54, 1.807) is 0 Å². The summed E-state index contributed by atoms with van der Waals surface area (Å²) in [5.41, 5.74) is 0. The molecule has 0 aromatic heterocycles. The zero-order valence-corrected chi connectivity index (χ0v) is 10.2. The molecule has 7 heteroatoms. The lowest BCUT2D eigenvalue weighted by molar-refractivity contribution is -0.149. The number of amides is 1. The van der Waals surface area contributed by atoms with Gasteiger partial charge < -0.3 is 19.5 Å². The first kappa shape index (κ1) is 14.0. The Morgan fingerprint density at radius 1 is 1.47 bits per heavy atom. The van der Waals surface area contributed by atoms with Crippen molar-refractivity contribution in [1.29, 1.82) is 0 Å². The summed E-state index contributed by atoms with van der Waals surface area (Å²) in [4.78, 5) is 22.1. The Bertz CT molecular complexity index is 278. The number of carbonyl (C=O) groups excluding carboxylic acids is 2. The average molecular weight is 261 g/mol. The van der Waals surface area contributed by atoms with Gasteiger partial charge in [0.05, 0.1) is 13.2 Å². The molecule has 1 rings (SSSR count). The normalized spacial score (nSPS) is 16.2. The number of thioether (sulfide) groups is 1. The molecule has 0 spiro atoms. The fourth-order valence-electron chi connectivity index (χ4n) is 1.09. The minimum atomic E-state index is -0.392. The fourth-order valence-corrected chi connectivity index (χ4v) is 1.66. The molecule has 0 saturated carbocycles. The lowest BCUT2D eigenvalue weighted by Crippen LogP contribution is -2.32. The smallest absolute Gasteiger partial charge is 0.367 e. The van der Waals surface area contributed by atoms with E-state index < -0.39 is 5.30 Å². The molecule has 1 amide bonds. The van der Waals surface area contributed by atoms with E-state index in [1.165, 1.54) is 6.08 Å². The number of hydrogen-bond acceptors (Lipinski definition) is 6. The Balaban J connectivity index is 2.04. The third-order valence-corrected chi connectivity index (χ3v) is 2.58. The van der Waals surface area contributed by atoms with Gasteiger partial charge in [-0.3, -0.25) is 4.79 Å². The lowest BCUT2D eigenvalue weighted by atomic mass is 10.4. The second-order valence-electron chi connectivity index (χ2n) is 3.19. The van der Waals surface area contributed by atoms with Crippen molar-refractivity contribution in [3.8, 4) is 0 Å². The van der Waals surface area contributed by atoms with E-state index in [1.807, 2.05) is 0 Å². The van der Waals surface area contributed by atoms with Gasteiger partial charge in [0.25, 0.3) is 0 Å². The summed E-state index contributed by atoms with van der Waals surface area (Å²) >= 11 is 1.00. The molecular weight excluding hydrogens is 246 g/mol. The summed E-state index contributed by atoms with van der Waals surface area (Å²) in [7, 11) is 0. The SMILES string of the molecule is C=CC(=O)NCCSC(=O)OC1COCOC1. The van der Waals surface area contributed by atoms with Gasteiger partial charge in [0, 0.05) is 12.3 Å². The number of rotatable bonds is 5. The van der Waals surface area contributed by atoms with Gasteiger partial charge in [0.2, 0.25) is 5.91 Å². The first-order valence-corrected chi connectivity index (χ1v) is 6.10. The number of carbonyl (C=O) groups is 2. The molecular formula is C10H15NO5S. The largest absolute Gasteiger partial charge is 0.449 e. The van der Waals surface area contributed by atoms with Gasteiger partial charge in [-0.2, -0.15) is 0 Å². The third-order valence-electron chi connectivity index (χ3n) is 1.84. The lowest BCUT2D eigenvalue weighted by Gasteiger charge is -2.22. The van der Waals surface area contributed by atoms with Crippen LogP contribution in [-0.2, 0) is 19.0 Å². The Kier molecular flexibility index (Phi) is 6.68. The summed E-state index contributed by atoms with van der Waals surface area (Å²) in [6, 6.07) is 0. The second kappa shape index (κ2) is 8.10. The van der Waals surface area contributed by atoms with Crippen molar-refractivity contribution < 1.29 is 23.8 Å². The maximum Gasteiger partial charge on any atom is 0.367 e. The zero-order valence-electron chi connectivity index (χ0n) is 9.35. The summed E-state index contributed by atoms with van der Waals surface area (Å²) in [6.07, 6.45) is 0.839. The maximum atomic E-state index is 11.3. The van der Waals surface area contributed by atoms with E-state index in [9.17, 15) is 9.59 Å². The molecule has 0 bridgehead atoms. The summed E-state index contributed by atoms with van der Waals surface area (Å²) in [6.45, 7) is 4.67. The Morgan fingerprint density at radius 3 is 2.82 bits per heavy atom. The number of nitrogens with one attached hydrogen (secondary N) is 1. The highest BCUT2D eigenvalue weighted by Gasteiger charge is 2.18. The monoisotopic (exact) mass is 261 g/mol. The molecule has 1 saturated heterocycles. The first-order chi connectivity index (χ1) is 8.22. The number of ether oxygens (including phenoxy) is 3. The predicted octanol–water partition coefficient (Wildman–Crippen LogP) is 0.531. The highest BCUT2D eigenvalue weighted by atomic mass is 32.2. The summed E-state index contributed by atoms with van der Waals surface area (Å²) in [5, 5.41) is 2.16. The standard InChI is InChI=1S/C10H15NO5S/c1-2-9(12)11-3-4-17-10(13)16-8-5-14-7-15-6-8/h2,8H,1,3-7H2,(H,11,12). The van der Waals surface area contributed by atoms with Crippen LogP contribution in [0.25, 0.3) is 0 Å². The van der Waals surface area contributed by atoms with Gasteiger partial charge in [-0.25, -0.2) is 4.79 Å². The molecule has 6 nitrogen and oxygen atoms in total. The Hall–Kier alpha value is -1.05. The second-order valence-corrected chi connectivity index (χ2v) is 4.22. The molecule has 96 valence electrons. The molecule has 1 aliphatic heterocycles. The molecule has 17 heavy (non-hydrogen) atoms. The zero-order chi connectivity index (χ0) is 12.5. The van der Waals surface area contributed by atoms with Crippen molar-refractivity contribution >= 4 is 23.0 Å². The molecule has 0 aromatic rings. The van der Waals surface area contributed by atoms with Crippen LogP contribution in [0.3, 0.4) is 0 Å². The van der Waals surface area contributed by atoms with E-state index in [0.29, 0.717) is 25.5 Å². The van der Waals surface area contributed by atoms with Crippen molar-refractivity contribution in [1.82, 2.24) is 5.32 Å². The van der Waals surface area contributed by atoms with Crippen molar-refractivity contribution in [3.05, 3.63) is 12.7 Å². The topological polar surface area (TPSA) is 73.9 Å². The van der Waals surface area contributed by atoms with Crippen LogP contribution < -0.4 is 5.32 Å². The minimum Gasteiger partial charge on any atom is -0.449 e. The first-order valence-electron chi connectivity index (χ1n) is 5.11. The van der Waals surface area contributed by atoms with Crippen molar-refractivity contribution in [2.75, 3.05) is 32.3 Å². The quantitative estimate of drug-likeness (QED) is 0.442. The highest BCUT2D eigenvalue weighted by Crippen LogP contribution is 2.09. The van der Waals surface area contributed by atoms with Crippen molar-refractivity contribution in [3.63, 3.8) is 0 Å². The Morgan fingerprint density at radius 2 is 2.18 bits per heavy atom. The van der Waals surface area contributed by atoms with E-state index in [2.05, 4.69) is 11.9 Å². The van der Waals surface area contributed by atoms with Crippen LogP contribution in [0.4, 0.5) is 4.79 Å². The van der Waals surface area contributed by atoms with E-state index in [0.717, 1.165) is 11.8 Å². The molecule has 0 aromatic carbocycles. The van der Waals surface area contributed by atoms with Crippen LogP contribution in [0, 0.1) is 0 Å². The van der Waals surface area contributed by atoms with Gasteiger partial charge in [0.15, 0.2) is 0 Å². The molecule has 0 atom stereocenters. The van der Waals surface area contributed by atoms with Gasteiger partial charge in [0.1, 0.15) is 12.9 Å². The van der Waals surface area contributed by atoms with Gasteiger partial charge >= 0.3 is 5.30 Å². The van der Waals surface area contributed by atoms with E-state index >= 15 is 0 Å². The van der Waals surface area contributed by atoms with Crippen molar-refractivity contribution in [2.45, 2.75) is 6.10 Å². The average Bonchev–Trinajstić information content (AvgIpc) is 2.35. The fraction of sp³-hybridized carbons (Fsp3) is 0.600. The van der Waals surface area contributed by atoms with Crippen LogP contribution >= 0.6 is 11.8 Å². The van der Waals surface area contributed by atoms with Crippen LogP contribution in [0.15, 0.2) is 12.7 Å². The highest BCUT2D eigenvalue weighted by molar-refractivity contribution is 8.13. The molecule has 1 N–H and O–H groups in total. The van der Waals surface area contributed by atoms with Gasteiger partial charge in [-0.1, -0.05) is 6.58 Å². The minimum absolute atomic E-state index is 0.245. The van der Waals surface area contributed by atoms with Crippen molar-refractivity contribution in [2.24, 2.45) is 0 Å². The summed E-state index contributed by atoms with van der Waals surface area (Å²) in [5.74, 6) is 0.195. The van der Waals surface area contributed by atoms with Gasteiger partial charge in [-0.05, 0) is 17.8 Å². The third kappa shape index (κ3) is 6.30. The van der Waals surface area contributed by atoms with Crippen LogP contribution in [-0.4, -0.2) is 49.6 Å². The van der Waals surface area contributed by atoms with Gasteiger partial charge in [-0.15, -0.1) is 0 Å². The maximum absolute atomic E-state index is 11.3. The van der Waals surface area contributed by atoms with Crippen LogP contribution in [0.5, 0.6) is 0 Å². The molecule has 0 radical (unpaired) electrons.